The minimum absolute atomic E-state index is 0.370. The zero-order chi connectivity index (χ0) is 9.30. The van der Waals surface area contributed by atoms with Crippen molar-refractivity contribution in [2.45, 2.75) is 29.9 Å². The molecule has 1 fully saturated rings. The van der Waals surface area contributed by atoms with Crippen LogP contribution in [0.5, 0.6) is 0 Å². The van der Waals surface area contributed by atoms with E-state index in [0.29, 0.717) is 0 Å². The van der Waals surface area contributed by atoms with Crippen LogP contribution in [0.2, 0.25) is 0 Å². The number of halogens is 1. The predicted octanol–water partition coefficient (Wildman–Crippen LogP) is -2.01. The number of nitrogens with two attached hydrogens (primary N) is 1. The molecule has 0 bridgehead atoms. The van der Waals surface area contributed by atoms with Gasteiger partial charge in [-0.3, -0.25) is 0 Å². The normalized spacial score (nSPS) is 49.2. The molecule has 0 aromatic heterocycles. The maximum atomic E-state index is 9.30. The highest BCUT2D eigenvalue weighted by Gasteiger charge is 2.41. The van der Waals surface area contributed by atoms with E-state index < -0.39 is 29.9 Å². The summed E-state index contributed by atoms with van der Waals surface area (Å²) in [5, 5.41) is 27.2. The van der Waals surface area contributed by atoms with Gasteiger partial charge in [-0.1, -0.05) is 11.6 Å². The van der Waals surface area contributed by atoms with E-state index in [2.05, 4.69) is 0 Å². The molecule has 0 unspecified atom stereocenters. The summed E-state index contributed by atoms with van der Waals surface area (Å²) >= 11 is 5.53. The van der Waals surface area contributed by atoms with Gasteiger partial charge in [-0.25, -0.2) is 0 Å². The lowest BCUT2D eigenvalue weighted by Crippen LogP contribution is -2.60. The molecule has 5 N–H and O–H groups in total. The fraction of sp³-hybridized carbons (Fsp3) is 1.00. The van der Waals surface area contributed by atoms with Crippen molar-refractivity contribution in [3.8, 4) is 0 Å². The van der Waals surface area contributed by atoms with E-state index >= 15 is 0 Å². The van der Waals surface area contributed by atoms with Crippen LogP contribution in [0, 0.1) is 0 Å². The van der Waals surface area contributed by atoms with E-state index in [-0.39, 0.29) is 6.61 Å². The summed E-state index contributed by atoms with van der Waals surface area (Å²) in [5.41, 5.74) is 4.43. The Kier molecular flexibility index (Phi) is 3.28. The number of aliphatic hydroxyl groups excluding tert-OH is 3. The van der Waals surface area contributed by atoms with Gasteiger partial charge in [-0.2, -0.15) is 0 Å². The minimum Gasteiger partial charge on any atom is -0.394 e. The molecule has 0 aromatic carbocycles. The van der Waals surface area contributed by atoms with Gasteiger partial charge in [0.2, 0.25) is 0 Å². The van der Waals surface area contributed by atoms with Crippen LogP contribution >= 0.6 is 11.6 Å². The van der Waals surface area contributed by atoms with Crippen molar-refractivity contribution in [3.63, 3.8) is 0 Å². The molecule has 1 aliphatic rings. The summed E-state index contributed by atoms with van der Waals surface area (Å²) in [4.78, 5) is 0. The second-order valence-electron chi connectivity index (χ2n) is 2.77. The molecule has 1 heterocycles. The predicted molar refractivity (Wildman–Crippen MR) is 41.6 cm³/mol. The van der Waals surface area contributed by atoms with Crippen molar-refractivity contribution in [3.05, 3.63) is 0 Å². The largest absolute Gasteiger partial charge is 0.394 e. The first-order valence-corrected chi connectivity index (χ1v) is 4.03. The number of aliphatic hydroxyl groups is 3. The third-order valence-corrected chi connectivity index (χ3v) is 2.28. The second kappa shape index (κ2) is 3.87. The molecule has 1 aliphatic heterocycles. The number of rotatable bonds is 1. The van der Waals surface area contributed by atoms with Crippen LogP contribution in [0.4, 0.5) is 0 Å². The molecule has 1 rings (SSSR count). The average Bonchev–Trinajstić information content (AvgIpc) is 2.08. The first-order valence-electron chi connectivity index (χ1n) is 3.60. The topological polar surface area (TPSA) is 95.9 Å². The SMILES string of the molecule is N[C@@H]1[C@H](O)[C@@H](Cl)O[C@H](CO)[C@H]1O. The van der Waals surface area contributed by atoms with E-state index in [4.69, 9.17) is 27.2 Å². The molecule has 0 saturated carbocycles. The monoisotopic (exact) mass is 197 g/mol. The molecule has 1 saturated heterocycles. The molecule has 0 radical (unpaired) electrons. The highest BCUT2D eigenvalue weighted by Crippen LogP contribution is 2.21. The Hall–Kier alpha value is 0.0900. The van der Waals surface area contributed by atoms with Gasteiger partial charge < -0.3 is 25.8 Å². The smallest absolute Gasteiger partial charge is 0.159 e. The first-order chi connectivity index (χ1) is 5.57. The first kappa shape index (κ1) is 10.2. The Balaban J connectivity index is 2.63. The Morgan fingerprint density at radius 1 is 1.33 bits per heavy atom. The van der Waals surface area contributed by atoms with E-state index in [1.807, 2.05) is 0 Å². The average molecular weight is 198 g/mol. The molecule has 0 spiro atoms. The lowest BCUT2D eigenvalue weighted by Gasteiger charge is -2.38. The molecule has 12 heavy (non-hydrogen) atoms. The van der Waals surface area contributed by atoms with Gasteiger partial charge >= 0.3 is 0 Å². The summed E-state index contributed by atoms with van der Waals surface area (Å²) in [7, 11) is 0. The second-order valence-corrected chi connectivity index (χ2v) is 3.20. The Morgan fingerprint density at radius 3 is 2.42 bits per heavy atom. The molecular formula is C6H12ClNO4. The standard InChI is InChI=1S/C6H12ClNO4/c7-6-5(11)3(8)4(10)2(1-9)12-6/h2-6,9-11H,1,8H2/t2-,3+,4-,5+,6+/m1/s1. The maximum Gasteiger partial charge on any atom is 0.159 e. The molecule has 0 amide bonds. The molecule has 0 aromatic rings. The van der Waals surface area contributed by atoms with Crippen LogP contribution < -0.4 is 5.73 Å². The zero-order valence-electron chi connectivity index (χ0n) is 6.30. The van der Waals surface area contributed by atoms with Crippen molar-refractivity contribution in [2.75, 3.05) is 6.61 Å². The van der Waals surface area contributed by atoms with E-state index in [1.165, 1.54) is 0 Å². The van der Waals surface area contributed by atoms with E-state index in [9.17, 15) is 10.2 Å². The van der Waals surface area contributed by atoms with Crippen LogP contribution in [-0.4, -0.2) is 51.8 Å². The summed E-state index contributed by atoms with van der Waals surface area (Å²) in [5.74, 6) is 0. The van der Waals surface area contributed by atoms with Crippen LogP contribution in [0.15, 0.2) is 0 Å². The van der Waals surface area contributed by atoms with Crippen LogP contribution in [0.3, 0.4) is 0 Å². The molecule has 5 nitrogen and oxygen atoms in total. The van der Waals surface area contributed by atoms with Crippen LogP contribution in [-0.2, 0) is 4.74 Å². The summed E-state index contributed by atoms with van der Waals surface area (Å²) < 4.78 is 4.87. The van der Waals surface area contributed by atoms with Gasteiger partial charge in [0.25, 0.3) is 0 Å². The number of hydrogen-bond acceptors (Lipinski definition) is 5. The highest BCUT2D eigenvalue weighted by atomic mass is 35.5. The number of ether oxygens (including phenoxy) is 1. The fourth-order valence-corrected chi connectivity index (χ4v) is 1.40. The van der Waals surface area contributed by atoms with Gasteiger partial charge in [0, 0.05) is 0 Å². The third kappa shape index (κ3) is 1.71. The lowest BCUT2D eigenvalue weighted by atomic mass is 9.98. The van der Waals surface area contributed by atoms with Gasteiger partial charge in [0.1, 0.15) is 18.3 Å². The van der Waals surface area contributed by atoms with Gasteiger partial charge in [0.15, 0.2) is 5.56 Å². The molecule has 0 aliphatic carbocycles. The van der Waals surface area contributed by atoms with Crippen LogP contribution in [0.25, 0.3) is 0 Å². The summed E-state index contributed by atoms with van der Waals surface area (Å²) in [6.45, 7) is -0.370. The molecule has 6 heteroatoms. The van der Waals surface area contributed by atoms with Crippen molar-refractivity contribution in [2.24, 2.45) is 5.73 Å². The quantitative estimate of drug-likeness (QED) is 0.365. The Labute approximate surface area is 74.7 Å². The van der Waals surface area contributed by atoms with Gasteiger partial charge in [0.05, 0.1) is 12.6 Å². The minimum atomic E-state index is -1.11. The lowest BCUT2D eigenvalue weighted by molar-refractivity contribution is -0.162. The zero-order valence-corrected chi connectivity index (χ0v) is 7.05. The fourth-order valence-electron chi connectivity index (χ4n) is 1.10. The maximum absolute atomic E-state index is 9.30. The molecular weight excluding hydrogens is 186 g/mol. The van der Waals surface area contributed by atoms with Crippen molar-refractivity contribution in [1.29, 1.82) is 0 Å². The highest BCUT2D eigenvalue weighted by molar-refractivity contribution is 6.20. The third-order valence-electron chi connectivity index (χ3n) is 1.92. The van der Waals surface area contributed by atoms with Gasteiger partial charge in [-0.15, -0.1) is 0 Å². The van der Waals surface area contributed by atoms with E-state index in [0.717, 1.165) is 0 Å². The van der Waals surface area contributed by atoms with Crippen molar-refractivity contribution >= 4 is 11.6 Å². The Bertz CT molecular complexity index is 154. The Morgan fingerprint density at radius 2 is 1.92 bits per heavy atom. The van der Waals surface area contributed by atoms with Crippen molar-refractivity contribution < 1.29 is 20.1 Å². The van der Waals surface area contributed by atoms with Crippen molar-refractivity contribution in [1.82, 2.24) is 0 Å². The summed E-state index contributed by atoms with van der Waals surface area (Å²) in [6.07, 6.45) is -3.00. The number of hydrogen-bond donors (Lipinski definition) is 4. The van der Waals surface area contributed by atoms with Gasteiger partial charge in [-0.05, 0) is 0 Å². The molecule has 5 atom stereocenters. The summed E-state index contributed by atoms with van der Waals surface area (Å²) in [6, 6.07) is -0.876. The van der Waals surface area contributed by atoms with Crippen LogP contribution in [0.1, 0.15) is 0 Å². The molecule has 72 valence electrons. The number of alkyl halides is 1. The van der Waals surface area contributed by atoms with E-state index in [1.54, 1.807) is 0 Å².